The molecule has 0 bridgehead atoms. The summed E-state index contributed by atoms with van der Waals surface area (Å²) in [4.78, 5) is 11.9. The number of fused-ring (bicyclic) bond motifs is 1. The number of halogens is 2. The largest absolute Gasteiger partial charge is 0.453 e. The molecule has 0 aliphatic rings. The van der Waals surface area contributed by atoms with Crippen molar-refractivity contribution < 1.29 is 9.53 Å². The van der Waals surface area contributed by atoms with Gasteiger partial charge in [-0.25, -0.2) is 0 Å². The molecule has 0 radical (unpaired) electrons. The number of carbonyl (C=O) groups is 1. The fourth-order valence-electron chi connectivity index (χ4n) is 1.96. The minimum Gasteiger partial charge on any atom is -0.453 e. The van der Waals surface area contributed by atoms with Crippen LogP contribution in [0.15, 0.2) is 42.6 Å². The summed E-state index contributed by atoms with van der Waals surface area (Å²) in [7, 11) is 0. The Morgan fingerprint density at radius 3 is 2.91 bits per heavy atom. The topological polar surface area (TPSA) is 68.5 Å². The number of hydrogen-bond donors (Lipinski definition) is 1. The number of nitrogens with one attached hydrogen (secondary N) is 1. The molecule has 1 amide bonds. The number of ether oxygens (including phenoxy) is 1. The number of aromatic nitrogens is 3. The molecular weight excluding hydrogens is 339 g/mol. The summed E-state index contributed by atoms with van der Waals surface area (Å²) in [5.74, 6) is -0.288. The molecule has 0 unspecified atom stereocenters. The van der Waals surface area contributed by atoms with Crippen LogP contribution in [0.5, 0.6) is 6.01 Å². The van der Waals surface area contributed by atoms with Crippen LogP contribution in [-0.4, -0.2) is 27.1 Å². The molecule has 0 saturated carbocycles. The molecule has 3 aromatic rings. The van der Waals surface area contributed by atoms with Crippen molar-refractivity contribution in [3.05, 3.63) is 58.2 Å². The predicted octanol–water partition coefficient (Wildman–Crippen LogP) is 2.73. The van der Waals surface area contributed by atoms with Gasteiger partial charge in [-0.1, -0.05) is 40.4 Å². The lowest BCUT2D eigenvalue weighted by molar-refractivity contribution is -0.123. The Balaban J connectivity index is 1.55. The second-order valence-corrected chi connectivity index (χ2v) is 5.56. The first-order valence-electron chi connectivity index (χ1n) is 6.76. The summed E-state index contributed by atoms with van der Waals surface area (Å²) in [5.41, 5.74) is 1.42. The first-order valence-corrected chi connectivity index (χ1v) is 7.52. The number of benzene rings is 1. The van der Waals surface area contributed by atoms with Gasteiger partial charge in [0.1, 0.15) is 0 Å². The third kappa shape index (κ3) is 3.72. The lowest BCUT2D eigenvalue weighted by Crippen LogP contribution is -2.28. The van der Waals surface area contributed by atoms with E-state index in [2.05, 4.69) is 15.5 Å². The molecule has 2 heterocycles. The van der Waals surface area contributed by atoms with Gasteiger partial charge in [0.15, 0.2) is 12.3 Å². The molecule has 3 rings (SSSR count). The average Bonchev–Trinajstić information content (AvgIpc) is 2.95. The summed E-state index contributed by atoms with van der Waals surface area (Å²) in [6.07, 6.45) is 1.76. The minimum atomic E-state index is -0.288. The van der Waals surface area contributed by atoms with Crippen LogP contribution in [0.25, 0.3) is 5.65 Å². The lowest BCUT2D eigenvalue weighted by atomic mass is 10.2. The number of nitrogens with zero attached hydrogens (tertiary/aromatic N) is 3. The highest BCUT2D eigenvalue weighted by atomic mass is 35.5. The molecule has 6 nitrogen and oxygen atoms in total. The van der Waals surface area contributed by atoms with Crippen molar-refractivity contribution in [1.82, 2.24) is 19.9 Å². The van der Waals surface area contributed by atoms with Crippen LogP contribution < -0.4 is 10.1 Å². The zero-order chi connectivity index (χ0) is 16.2. The zero-order valence-corrected chi connectivity index (χ0v) is 13.4. The highest BCUT2D eigenvalue weighted by Crippen LogP contribution is 2.20. The molecule has 0 aliphatic carbocycles. The van der Waals surface area contributed by atoms with Gasteiger partial charge >= 0.3 is 6.01 Å². The monoisotopic (exact) mass is 350 g/mol. The van der Waals surface area contributed by atoms with Crippen LogP contribution in [0.1, 0.15) is 5.56 Å². The SMILES string of the molecule is O=C(COc1nnc2ccccn12)NCc1ccc(Cl)cc1Cl. The smallest absolute Gasteiger partial charge is 0.322 e. The first kappa shape index (κ1) is 15.6. The van der Waals surface area contributed by atoms with Crippen molar-refractivity contribution in [3.8, 4) is 6.01 Å². The predicted molar refractivity (Wildman–Crippen MR) is 86.8 cm³/mol. The molecule has 118 valence electrons. The van der Waals surface area contributed by atoms with Crippen molar-refractivity contribution in [2.45, 2.75) is 6.54 Å². The maximum atomic E-state index is 11.9. The van der Waals surface area contributed by atoms with Crippen LogP contribution in [0.2, 0.25) is 10.0 Å². The third-order valence-corrected chi connectivity index (χ3v) is 3.69. The molecular formula is C15H12Cl2N4O2. The third-order valence-electron chi connectivity index (χ3n) is 3.11. The van der Waals surface area contributed by atoms with Gasteiger partial charge in [-0.3, -0.25) is 9.20 Å². The molecule has 1 aromatic carbocycles. The van der Waals surface area contributed by atoms with E-state index in [0.29, 0.717) is 22.2 Å². The maximum absolute atomic E-state index is 11.9. The number of hydrogen-bond acceptors (Lipinski definition) is 4. The Bertz CT molecular complexity index is 850. The van der Waals surface area contributed by atoms with Gasteiger partial charge in [-0.2, -0.15) is 0 Å². The number of amides is 1. The minimum absolute atomic E-state index is 0.166. The molecule has 2 aromatic heterocycles. The average molecular weight is 351 g/mol. The Morgan fingerprint density at radius 2 is 2.09 bits per heavy atom. The van der Waals surface area contributed by atoms with Gasteiger partial charge < -0.3 is 10.1 Å². The van der Waals surface area contributed by atoms with Crippen molar-refractivity contribution in [2.24, 2.45) is 0 Å². The van der Waals surface area contributed by atoms with Gasteiger partial charge in [-0.15, -0.1) is 5.10 Å². The van der Waals surface area contributed by atoms with Gasteiger partial charge in [-0.05, 0) is 29.8 Å². The van der Waals surface area contributed by atoms with Gasteiger partial charge in [0, 0.05) is 22.8 Å². The second-order valence-electron chi connectivity index (χ2n) is 4.71. The fraction of sp³-hybridized carbons (Fsp3) is 0.133. The van der Waals surface area contributed by atoms with Crippen molar-refractivity contribution in [1.29, 1.82) is 0 Å². The van der Waals surface area contributed by atoms with Gasteiger partial charge in [0.05, 0.1) is 0 Å². The molecule has 0 aliphatic heterocycles. The molecule has 0 fully saturated rings. The second kappa shape index (κ2) is 6.85. The van der Waals surface area contributed by atoms with Crippen molar-refractivity contribution >= 4 is 34.8 Å². The summed E-state index contributed by atoms with van der Waals surface area (Å²) >= 11 is 11.9. The Kier molecular flexibility index (Phi) is 4.64. The van der Waals surface area contributed by atoms with E-state index in [1.165, 1.54) is 0 Å². The normalized spacial score (nSPS) is 10.7. The van der Waals surface area contributed by atoms with Crippen LogP contribution >= 0.6 is 23.2 Å². The highest BCUT2D eigenvalue weighted by Gasteiger charge is 2.09. The van der Waals surface area contributed by atoms with E-state index in [9.17, 15) is 4.79 Å². The van der Waals surface area contributed by atoms with Crippen LogP contribution in [-0.2, 0) is 11.3 Å². The zero-order valence-electron chi connectivity index (χ0n) is 11.9. The summed E-state index contributed by atoms with van der Waals surface area (Å²) in [6, 6.07) is 10.8. The van der Waals surface area contributed by atoms with E-state index >= 15 is 0 Å². The molecule has 23 heavy (non-hydrogen) atoms. The first-order chi connectivity index (χ1) is 11.1. The van der Waals surface area contributed by atoms with Crippen LogP contribution in [0.3, 0.4) is 0 Å². The Hall–Kier alpha value is -2.31. The number of pyridine rings is 1. The molecule has 8 heteroatoms. The van der Waals surface area contributed by atoms with Crippen LogP contribution in [0, 0.1) is 0 Å². The van der Waals surface area contributed by atoms with Crippen LogP contribution in [0.4, 0.5) is 0 Å². The summed E-state index contributed by atoms with van der Waals surface area (Å²) < 4.78 is 7.04. The van der Waals surface area contributed by atoms with E-state index in [-0.39, 0.29) is 18.5 Å². The van der Waals surface area contributed by atoms with E-state index in [1.807, 2.05) is 12.1 Å². The maximum Gasteiger partial charge on any atom is 0.322 e. The van der Waals surface area contributed by atoms with E-state index < -0.39 is 0 Å². The Labute approximate surface area is 142 Å². The summed E-state index contributed by atoms with van der Waals surface area (Å²) in [5, 5.41) is 11.6. The van der Waals surface area contributed by atoms with E-state index in [4.69, 9.17) is 27.9 Å². The van der Waals surface area contributed by atoms with Crippen molar-refractivity contribution in [2.75, 3.05) is 6.61 Å². The van der Waals surface area contributed by atoms with Gasteiger partial charge in [0.25, 0.3) is 5.91 Å². The molecule has 0 saturated heterocycles. The van der Waals surface area contributed by atoms with E-state index in [0.717, 1.165) is 5.56 Å². The van der Waals surface area contributed by atoms with E-state index in [1.54, 1.807) is 34.9 Å². The standard InChI is InChI=1S/C15H12Cl2N4O2/c16-11-5-4-10(12(17)7-11)8-18-14(22)9-23-15-20-19-13-3-1-2-6-21(13)15/h1-7H,8-9H2,(H,18,22). The molecule has 0 spiro atoms. The fourth-order valence-corrected chi connectivity index (χ4v) is 2.43. The molecule has 1 N–H and O–H groups in total. The van der Waals surface area contributed by atoms with Crippen molar-refractivity contribution in [3.63, 3.8) is 0 Å². The number of carbonyl (C=O) groups excluding carboxylic acids is 1. The summed E-state index contributed by atoms with van der Waals surface area (Å²) in [6.45, 7) is 0.125. The lowest BCUT2D eigenvalue weighted by Gasteiger charge is -2.08. The highest BCUT2D eigenvalue weighted by molar-refractivity contribution is 6.35. The Morgan fingerprint density at radius 1 is 1.22 bits per heavy atom. The molecule has 0 atom stereocenters. The quantitative estimate of drug-likeness (QED) is 0.768. The van der Waals surface area contributed by atoms with Gasteiger partial charge in [0.2, 0.25) is 0 Å². The number of rotatable bonds is 5.